The predicted molar refractivity (Wildman–Crippen MR) is 85.8 cm³/mol. The number of rotatable bonds is 5. The van der Waals surface area contributed by atoms with E-state index >= 15 is 0 Å². The number of aromatic nitrogens is 3. The van der Waals surface area contributed by atoms with Crippen LogP contribution in [0.3, 0.4) is 0 Å². The Hall–Kier alpha value is -2.94. The van der Waals surface area contributed by atoms with Crippen LogP contribution < -0.4 is 10.6 Å². The van der Waals surface area contributed by atoms with Gasteiger partial charge in [-0.3, -0.25) is 4.79 Å². The van der Waals surface area contributed by atoms with Gasteiger partial charge in [0.15, 0.2) is 0 Å². The van der Waals surface area contributed by atoms with Crippen molar-refractivity contribution in [3.63, 3.8) is 0 Å². The van der Waals surface area contributed by atoms with E-state index in [2.05, 4.69) is 20.7 Å². The monoisotopic (exact) mass is 331 g/mol. The lowest BCUT2D eigenvalue weighted by Crippen LogP contribution is -2.26. The van der Waals surface area contributed by atoms with Crippen LogP contribution in [-0.2, 0) is 4.79 Å². The zero-order chi connectivity index (χ0) is 16.4. The van der Waals surface area contributed by atoms with Gasteiger partial charge < -0.3 is 15.7 Å². The maximum absolute atomic E-state index is 11.2. The molecule has 0 aliphatic rings. The lowest BCUT2D eigenvalue weighted by atomic mass is 10.1. The van der Waals surface area contributed by atoms with E-state index in [0.29, 0.717) is 10.1 Å². The molecule has 3 N–H and O–H groups in total. The zero-order valence-corrected chi connectivity index (χ0v) is 12.9. The number of carboxylic acid groups (broad SMARTS) is 1. The zero-order valence-electron chi connectivity index (χ0n) is 12.1. The van der Waals surface area contributed by atoms with Crippen molar-refractivity contribution in [3.8, 4) is 11.3 Å². The molecule has 23 heavy (non-hydrogen) atoms. The number of likely N-dealkylation sites (N-methyl/N-ethyl adjacent to an activating group) is 1. The minimum Gasteiger partial charge on any atom is -0.478 e. The summed E-state index contributed by atoms with van der Waals surface area (Å²) in [6.07, 6.45) is 1.68. The summed E-state index contributed by atoms with van der Waals surface area (Å²) in [5, 5.41) is 19.3. The van der Waals surface area contributed by atoms with Gasteiger partial charge >= 0.3 is 5.97 Å². The van der Waals surface area contributed by atoms with Crippen LogP contribution >= 0.6 is 11.3 Å². The molecule has 118 valence electrons. The maximum atomic E-state index is 11.2. The average Bonchev–Trinajstić information content (AvgIpc) is 3.12. The third-order valence-electron chi connectivity index (χ3n) is 3.19. The molecular weight excluding hydrogens is 318 g/mol. The van der Waals surface area contributed by atoms with E-state index in [1.165, 1.54) is 23.5 Å². The van der Waals surface area contributed by atoms with Gasteiger partial charge in [-0.1, -0.05) is 23.5 Å². The average molecular weight is 331 g/mol. The molecule has 2 heterocycles. The van der Waals surface area contributed by atoms with E-state index in [9.17, 15) is 9.59 Å². The molecule has 2 aromatic heterocycles. The number of carbonyl (C=O) groups excluding carboxylic acids is 1. The van der Waals surface area contributed by atoms with Crippen LogP contribution in [0.5, 0.6) is 0 Å². The third kappa shape index (κ3) is 2.99. The topological polar surface area (TPSA) is 109 Å². The summed E-state index contributed by atoms with van der Waals surface area (Å²) in [4.78, 5) is 27.1. The third-order valence-corrected chi connectivity index (χ3v) is 4.07. The lowest BCUT2D eigenvalue weighted by molar-refractivity contribution is -0.118. The van der Waals surface area contributed by atoms with Crippen molar-refractivity contribution in [2.75, 3.05) is 18.9 Å². The smallest absolute Gasteiger partial charge is 0.335 e. The molecule has 3 rings (SSSR count). The van der Waals surface area contributed by atoms with E-state index in [1.807, 2.05) is 0 Å². The van der Waals surface area contributed by atoms with Crippen LogP contribution in [0.15, 0.2) is 30.5 Å². The first-order valence-corrected chi connectivity index (χ1v) is 7.53. The molecule has 1 aromatic carbocycles. The number of carboxylic acids is 1. The molecule has 0 radical (unpaired) electrons. The molecule has 0 atom stereocenters. The Labute approximate surface area is 134 Å². The highest BCUT2D eigenvalue weighted by atomic mass is 32.1. The summed E-state index contributed by atoms with van der Waals surface area (Å²) in [6.45, 7) is 0.135. The van der Waals surface area contributed by atoms with Crippen molar-refractivity contribution in [1.82, 2.24) is 19.9 Å². The maximum Gasteiger partial charge on any atom is 0.335 e. The van der Waals surface area contributed by atoms with Crippen molar-refractivity contribution in [2.24, 2.45) is 0 Å². The minimum atomic E-state index is -0.968. The van der Waals surface area contributed by atoms with E-state index in [-0.39, 0.29) is 18.0 Å². The van der Waals surface area contributed by atoms with E-state index in [4.69, 9.17) is 5.11 Å². The number of hydrogen-bond acceptors (Lipinski definition) is 6. The molecule has 0 saturated heterocycles. The molecule has 3 aromatic rings. The van der Waals surface area contributed by atoms with Crippen molar-refractivity contribution in [2.45, 2.75) is 0 Å². The van der Waals surface area contributed by atoms with E-state index in [0.717, 1.165) is 11.3 Å². The predicted octanol–water partition coefficient (Wildman–Crippen LogP) is 1.31. The van der Waals surface area contributed by atoms with Crippen molar-refractivity contribution in [1.29, 1.82) is 0 Å². The number of aromatic carboxylic acids is 1. The van der Waals surface area contributed by atoms with Crippen LogP contribution in [0.2, 0.25) is 0 Å². The van der Waals surface area contributed by atoms with Gasteiger partial charge in [0.05, 0.1) is 24.0 Å². The fraction of sp³-hybridized carbons (Fsp3) is 0.143. The number of hydrogen-bond donors (Lipinski definition) is 3. The first-order chi connectivity index (χ1) is 11.1. The number of carbonyl (C=O) groups is 2. The Morgan fingerprint density at radius 1 is 1.30 bits per heavy atom. The molecule has 0 aliphatic heterocycles. The summed E-state index contributed by atoms with van der Waals surface area (Å²) in [5.41, 5.74) is 1.78. The lowest BCUT2D eigenvalue weighted by Gasteiger charge is -2.01. The largest absolute Gasteiger partial charge is 0.478 e. The molecule has 0 saturated carbocycles. The van der Waals surface area contributed by atoms with Crippen LogP contribution in [-0.4, -0.2) is 45.2 Å². The number of benzene rings is 1. The summed E-state index contributed by atoms with van der Waals surface area (Å²) in [6, 6.07) is 6.50. The molecule has 8 nitrogen and oxygen atoms in total. The Morgan fingerprint density at radius 3 is 2.70 bits per heavy atom. The fourth-order valence-corrected chi connectivity index (χ4v) is 2.76. The van der Waals surface area contributed by atoms with Gasteiger partial charge in [-0.05, 0) is 12.1 Å². The molecule has 0 bridgehead atoms. The summed E-state index contributed by atoms with van der Waals surface area (Å²) >= 11 is 1.33. The van der Waals surface area contributed by atoms with Crippen LogP contribution in [0.4, 0.5) is 5.13 Å². The highest BCUT2D eigenvalue weighted by molar-refractivity contribution is 7.20. The number of amides is 1. The Morgan fingerprint density at radius 2 is 2.04 bits per heavy atom. The van der Waals surface area contributed by atoms with E-state index in [1.54, 1.807) is 29.9 Å². The molecule has 9 heteroatoms. The molecule has 1 amide bonds. The SMILES string of the molecule is CNC(=O)CNc1nn2c(-c3ccc(C(=O)O)cc3)cnc2s1. The fourth-order valence-electron chi connectivity index (χ4n) is 1.99. The van der Waals surface area contributed by atoms with Crippen molar-refractivity contribution < 1.29 is 14.7 Å². The van der Waals surface area contributed by atoms with Gasteiger partial charge in [0.2, 0.25) is 16.0 Å². The van der Waals surface area contributed by atoms with Crippen LogP contribution in [0.1, 0.15) is 10.4 Å². The second kappa shape index (κ2) is 6.05. The van der Waals surface area contributed by atoms with Crippen molar-refractivity contribution in [3.05, 3.63) is 36.0 Å². The first-order valence-electron chi connectivity index (χ1n) is 6.71. The number of imidazole rings is 1. The highest BCUT2D eigenvalue weighted by Gasteiger charge is 2.12. The van der Waals surface area contributed by atoms with Gasteiger partial charge in [-0.15, -0.1) is 5.10 Å². The van der Waals surface area contributed by atoms with Crippen LogP contribution in [0.25, 0.3) is 16.2 Å². The minimum absolute atomic E-state index is 0.135. The number of nitrogens with one attached hydrogen (secondary N) is 2. The Kier molecular flexibility index (Phi) is 3.94. The highest BCUT2D eigenvalue weighted by Crippen LogP contribution is 2.26. The molecule has 0 unspecified atom stereocenters. The van der Waals surface area contributed by atoms with Crippen LogP contribution in [0, 0.1) is 0 Å². The molecule has 0 spiro atoms. The molecule has 0 aliphatic carbocycles. The second-order valence-electron chi connectivity index (χ2n) is 4.65. The number of anilines is 1. The Bertz CT molecular complexity index is 868. The van der Waals surface area contributed by atoms with Gasteiger partial charge in [-0.2, -0.15) is 0 Å². The second-order valence-corrected chi connectivity index (χ2v) is 5.61. The van der Waals surface area contributed by atoms with Gasteiger partial charge in [0.25, 0.3) is 0 Å². The van der Waals surface area contributed by atoms with Gasteiger partial charge in [0.1, 0.15) is 0 Å². The standard InChI is InChI=1S/C14H13N5O3S/c1-15-11(20)7-16-13-18-19-10(6-17-14(19)23-13)8-2-4-9(5-3-8)12(21)22/h2-6H,7H2,1H3,(H,15,20)(H,16,18)(H,21,22). The summed E-state index contributed by atoms with van der Waals surface area (Å²) in [5.74, 6) is -1.10. The molecular formula is C14H13N5O3S. The Balaban J connectivity index is 1.88. The van der Waals surface area contributed by atoms with Gasteiger partial charge in [-0.25, -0.2) is 14.3 Å². The molecule has 0 fully saturated rings. The summed E-state index contributed by atoms with van der Waals surface area (Å²) in [7, 11) is 1.57. The first kappa shape index (κ1) is 15.0. The number of fused-ring (bicyclic) bond motifs is 1. The van der Waals surface area contributed by atoms with Gasteiger partial charge in [0, 0.05) is 12.6 Å². The summed E-state index contributed by atoms with van der Waals surface area (Å²) < 4.78 is 1.66. The quantitative estimate of drug-likeness (QED) is 0.650. The normalized spacial score (nSPS) is 10.7. The van der Waals surface area contributed by atoms with Crippen molar-refractivity contribution >= 4 is 33.3 Å². The number of nitrogens with zero attached hydrogens (tertiary/aromatic N) is 3. The van der Waals surface area contributed by atoms with E-state index < -0.39 is 5.97 Å².